The predicted molar refractivity (Wildman–Crippen MR) is 108 cm³/mol. The largest absolute Gasteiger partial charge is 0.495 e. The quantitative estimate of drug-likeness (QED) is 0.738. The Kier molecular flexibility index (Phi) is 6.28. The summed E-state index contributed by atoms with van der Waals surface area (Å²) in [6.07, 6.45) is 0.952. The molecule has 0 amide bonds. The van der Waals surface area contributed by atoms with Gasteiger partial charge in [0.2, 0.25) is 0 Å². The van der Waals surface area contributed by atoms with Gasteiger partial charge in [-0.25, -0.2) is 0 Å². The highest BCUT2D eigenvalue weighted by atomic mass is 35.5. The molecule has 140 valence electrons. The Morgan fingerprint density at radius 2 is 1.77 bits per heavy atom. The van der Waals surface area contributed by atoms with Crippen LogP contribution in [0, 0.1) is 6.92 Å². The number of nitrogens with zero attached hydrogens (tertiary/aromatic N) is 2. The Balaban J connectivity index is 1.66. The predicted octanol–water partition coefficient (Wildman–Crippen LogP) is 4.59. The second-order valence-electron chi connectivity index (χ2n) is 6.56. The number of ether oxygens (including phenoxy) is 2. The van der Waals surface area contributed by atoms with Crippen LogP contribution in [0.3, 0.4) is 0 Å². The van der Waals surface area contributed by atoms with E-state index in [2.05, 4.69) is 28.9 Å². The second-order valence-corrected chi connectivity index (χ2v) is 6.97. The summed E-state index contributed by atoms with van der Waals surface area (Å²) in [5.74, 6) is 1.73. The topological polar surface area (TPSA) is 24.9 Å². The number of rotatable bonds is 6. The monoisotopic (exact) mass is 374 g/mol. The third-order valence-electron chi connectivity index (χ3n) is 4.91. The summed E-state index contributed by atoms with van der Waals surface area (Å²) >= 11 is 6.34. The van der Waals surface area contributed by atoms with Gasteiger partial charge in [0.15, 0.2) is 6.23 Å². The lowest BCUT2D eigenvalue weighted by Gasteiger charge is -2.40. The molecule has 4 nitrogen and oxygen atoms in total. The maximum Gasteiger partial charge on any atom is 0.152 e. The van der Waals surface area contributed by atoms with Gasteiger partial charge in [0.1, 0.15) is 11.5 Å². The zero-order valence-electron chi connectivity index (χ0n) is 15.7. The molecule has 1 aliphatic rings. The van der Waals surface area contributed by atoms with Crippen LogP contribution in [-0.2, 0) is 0 Å². The minimum absolute atomic E-state index is 0.0356. The van der Waals surface area contributed by atoms with Gasteiger partial charge in [-0.15, -0.1) is 0 Å². The molecule has 5 heteroatoms. The summed E-state index contributed by atoms with van der Waals surface area (Å²) in [7, 11) is 1.72. The van der Waals surface area contributed by atoms with Gasteiger partial charge in [-0.05, 0) is 37.1 Å². The van der Waals surface area contributed by atoms with E-state index in [-0.39, 0.29) is 6.23 Å². The van der Waals surface area contributed by atoms with Crippen LogP contribution >= 0.6 is 11.6 Å². The zero-order valence-corrected chi connectivity index (χ0v) is 16.5. The molecule has 1 heterocycles. The summed E-state index contributed by atoms with van der Waals surface area (Å²) in [6.45, 7) is 7.97. The third kappa shape index (κ3) is 4.08. The van der Waals surface area contributed by atoms with Crippen molar-refractivity contribution >= 4 is 17.3 Å². The van der Waals surface area contributed by atoms with E-state index in [9.17, 15) is 0 Å². The molecule has 2 aromatic rings. The molecule has 0 aliphatic carbocycles. The fourth-order valence-electron chi connectivity index (χ4n) is 3.46. The molecule has 1 atom stereocenters. The Bertz CT molecular complexity index is 709. The number of methoxy groups -OCH3 is 1. The molecule has 26 heavy (non-hydrogen) atoms. The van der Waals surface area contributed by atoms with E-state index in [1.165, 1.54) is 0 Å². The van der Waals surface area contributed by atoms with Gasteiger partial charge < -0.3 is 14.4 Å². The first-order valence-electron chi connectivity index (χ1n) is 9.17. The van der Waals surface area contributed by atoms with E-state index in [0.29, 0.717) is 5.02 Å². The van der Waals surface area contributed by atoms with Crippen LogP contribution in [-0.4, -0.2) is 44.4 Å². The molecule has 1 unspecified atom stereocenters. The second kappa shape index (κ2) is 8.65. The fourth-order valence-corrected chi connectivity index (χ4v) is 3.73. The van der Waals surface area contributed by atoms with E-state index < -0.39 is 0 Å². The summed E-state index contributed by atoms with van der Waals surface area (Å²) < 4.78 is 11.8. The minimum atomic E-state index is 0.0356. The average Bonchev–Trinajstić information content (AvgIpc) is 2.68. The average molecular weight is 375 g/mol. The van der Waals surface area contributed by atoms with Crippen LogP contribution in [0.2, 0.25) is 5.02 Å². The minimum Gasteiger partial charge on any atom is -0.495 e. The van der Waals surface area contributed by atoms with E-state index >= 15 is 0 Å². The van der Waals surface area contributed by atoms with Gasteiger partial charge in [-0.2, -0.15) is 0 Å². The standard InChI is InChI=1S/C21H27ClN2O2/c1-4-20(26-21-16(2)8-7-9-17(21)22)24-14-12-23(13-15-24)18-10-5-6-11-19(18)25-3/h5-11,20H,4,12-15H2,1-3H3. The van der Waals surface area contributed by atoms with Crippen molar-refractivity contribution < 1.29 is 9.47 Å². The Hall–Kier alpha value is -1.91. The summed E-state index contributed by atoms with van der Waals surface area (Å²) in [4.78, 5) is 4.78. The molecule has 1 fully saturated rings. The van der Waals surface area contributed by atoms with Crippen LogP contribution < -0.4 is 14.4 Å². The van der Waals surface area contributed by atoms with E-state index in [0.717, 1.165) is 55.3 Å². The van der Waals surface area contributed by atoms with Crippen LogP contribution in [0.5, 0.6) is 11.5 Å². The fraction of sp³-hybridized carbons (Fsp3) is 0.429. The van der Waals surface area contributed by atoms with Gasteiger partial charge in [-0.3, -0.25) is 4.90 Å². The first-order valence-corrected chi connectivity index (χ1v) is 9.55. The molecule has 0 bridgehead atoms. The normalized spacial score (nSPS) is 16.4. The van der Waals surface area contributed by atoms with Gasteiger partial charge in [0.25, 0.3) is 0 Å². The number of halogens is 1. The first-order chi connectivity index (χ1) is 12.6. The van der Waals surface area contributed by atoms with Crippen LogP contribution in [0.1, 0.15) is 18.9 Å². The van der Waals surface area contributed by atoms with Crippen LogP contribution in [0.25, 0.3) is 0 Å². The summed E-state index contributed by atoms with van der Waals surface area (Å²) in [5.41, 5.74) is 2.23. The van der Waals surface area contributed by atoms with Gasteiger partial charge in [0.05, 0.1) is 17.8 Å². The summed E-state index contributed by atoms with van der Waals surface area (Å²) in [6, 6.07) is 14.1. The zero-order chi connectivity index (χ0) is 18.5. The number of aryl methyl sites for hydroxylation is 1. The first kappa shape index (κ1) is 18.9. The Labute approximate surface area is 161 Å². The molecule has 3 rings (SSSR count). The van der Waals surface area contributed by atoms with Crippen molar-refractivity contribution in [3.63, 3.8) is 0 Å². The Morgan fingerprint density at radius 1 is 1.04 bits per heavy atom. The number of hydrogen-bond donors (Lipinski definition) is 0. The highest BCUT2D eigenvalue weighted by molar-refractivity contribution is 6.32. The van der Waals surface area contributed by atoms with Crippen molar-refractivity contribution in [1.82, 2.24) is 4.90 Å². The van der Waals surface area contributed by atoms with Crippen molar-refractivity contribution in [1.29, 1.82) is 0 Å². The lowest BCUT2D eigenvalue weighted by atomic mass is 10.2. The molecule has 0 N–H and O–H groups in total. The molecule has 2 aromatic carbocycles. The molecule has 0 radical (unpaired) electrons. The van der Waals surface area contributed by atoms with Gasteiger partial charge in [-0.1, -0.05) is 42.8 Å². The van der Waals surface area contributed by atoms with E-state index in [1.807, 2.05) is 37.3 Å². The van der Waals surface area contributed by atoms with Crippen molar-refractivity contribution in [2.24, 2.45) is 0 Å². The smallest absolute Gasteiger partial charge is 0.152 e. The Morgan fingerprint density at radius 3 is 2.42 bits per heavy atom. The molecule has 0 saturated carbocycles. The number of benzene rings is 2. The van der Waals surface area contributed by atoms with Gasteiger partial charge in [0, 0.05) is 26.2 Å². The highest BCUT2D eigenvalue weighted by Gasteiger charge is 2.26. The van der Waals surface area contributed by atoms with Crippen molar-refractivity contribution in [2.45, 2.75) is 26.5 Å². The van der Waals surface area contributed by atoms with Crippen LogP contribution in [0.15, 0.2) is 42.5 Å². The lowest BCUT2D eigenvalue weighted by Crippen LogP contribution is -2.52. The number of hydrogen-bond acceptors (Lipinski definition) is 4. The molecule has 1 saturated heterocycles. The summed E-state index contributed by atoms with van der Waals surface area (Å²) in [5, 5.41) is 0.677. The van der Waals surface area contributed by atoms with Crippen LogP contribution in [0.4, 0.5) is 5.69 Å². The van der Waals surface area contributed by atoms with Crippen molar-refractivity contribution in [3.05, 3.63) is 53.1 Å². The third-order valence-corrected chi connectivity index (χ3v) is 5.21. The van der Waals surface area contributed by atoms with E-state index in [4.69, 9.17) is 21.1 Å². The molecule has 0 aromatic heterocycles. The molecular formula is C21H27ClN2O2. The number of para-hydroxylation sites is 3. The number of anilines is 1. The number of piperazine rings is 1. The molecule has 0 spiro atoms. The maximum atomic E-state index is 6.34. The SMILES string of the molecule is CCC(Oc1c(C)cccc1Cl)N1CCN(c2ccccc2OC)CC1. The maximum absolute atomic E-state index is 6.34. The van der Waals surface area contributed by atoms with E-state index in [1.54, 1.807) is 7.11 Å². The molecular weight excluding hydrogens is 348 g/mol. The molecule has 1 aliphatic heterocycles. The van der Waals surface area contributed by atoms with Gasteiger partial charge >= 0.3 is 0 Å². The lowest BCUT2D eigenvalue weighted by molar-refractivity contribution is 0.0181. The van der Waals surface area contributed by atoms with Crippen molar-refractivity contribution in [3.8, 4) is 11.5 Å². The van der Waals surface area contributed by atoms with Crippen molar-refractivity contribution in [2.75, 3.05) is 38.2 Å². The highest BCUT2D eigenvalue weighted by Crippen LogP contribution is 2.31.